The molecule has 0 aliphatic rings. The summed E-state index contributed by atoms with van der Waals surface area (Å²) in [4.78, 5) is 0. The number of hydrogen-bond acceptors (Lipinski definition) is 5. The van der Waals surface area contributed by atoms with Crippen LogP contribution >= 0.6 is 23.2 Å². The van der Waals surface area contributed by atoms with Gasteiger partial charge in [-0.3, -0.25) is 0 Å². The van der Waals surface area contributed by atoms with Crippen LogP contribution in [0.4, 0.5) is 0 Å². The first-order valence-corrected chi connectivity index (χ1v) is 8.95. The highest BCUT2D eigenvalue weighted by Crippen LogP contribution is 2.36. The number of aromatic hydroxyl groups is 1. The van der Waals surface area contributed by atoms with E-state index in [9.17, 15) is 5.11 Å². The van der Waals surface area contributed by atoms with Gasteiger partial charge >= 0.3 is 0 Å². The Balaban J connectivity index is 2.10. The van der Waals surface area contributed by atoms with Gasteiger partial charge in [-0.25, -0.2) is 0 Å². The zero-order valence-electron chi connectivity index (χ0n) is 14.2. The highest BCUT2D eigenvalue weighted by Gasteiger charge is 2.09. The van der Waals surface area contributed by atoms with E-state index < -0.39 is 0 Å². The maximum absolute atomic E-state index is 9.36. The Morgan fingerprint density at radius 1 is 0.958 bits per heavy atom. The standard InChI is InChI=1S/C17H26Cl2O5/c1-3-22-16(23-4-2)12-21-8-6-5-7-9-24-17-14(18)10-13(20)11-15(17)19/h10-11,16,20H,3-9,12H2,1-2H3. The number of benzene rings is 1. The Bertz CT molecular complexity index is 441. The molecule has 0 aliphatic carbocycles. The minimum absolute atomic E-state index is 0.0203. The van der Waals surface area contributed by atoms with Gasteiger partial charge in [0.25, 0.3) is 0 Å². The normalized spacial score (nSPS) is 11.2. The summed E-state index contributed by atoms with van der Waals surface area (Å²) in [6.07, 6.45) is 2.45. The molecule has 1 N–H and O–H groups in total. The molecule has 0 bridgehead atoms. The third kappa shape index (κ3) is 8.40. The van der Waals surface area contributed by atoms with E-state index >= 15 is 0 Å². The van der Waals surface area contributed by atoms with Crippen LogP contribution in [0.15, 0.2) is 12.1 Å². The lowest BCUT2D eigenvalue weighted by molar-refractivity contribution is -0.167. The summed E-state index contributed by atoms with van der Waals surface area (Å²) in [7, 11) is 0. The monoisotopic (exact) mass is 380 g/mol. The van der Waals surface area contributed by atoms with E-state index in [1.165, 1.54) is 12.1 Å². The number of hydrogen-bond donors (Lipinski definition) is 1. The molecule has 0 radical (unpaired) electrons. The van der Waals surface area contributed by atoms with Gasteiger partial charge in [-0.05, 0) is 33.1 Å². The molecule has 0 saturated heterocycles. The molecule has 1 rings (SSSR count). The maximum atomic E-state index is 9.36. The van der Waals surface area contributed by atoms with Crippen molar-refractivity contribution >= 4 is 23.2 Å². The lowest BCUT2D eigenvalue weighted by atomic mass is 10.2. The minimum atomic E-state index is -0.290. The van der Waals surface area contributed by atoms with Gasteiger partial charge in [0.05, 0.1) is 23.3 Å². The number of unbranched alkanes of at least 4 members (excludes halogenated alkanes) is 2. The van der Waals surface area contributed by atoms with Crippen molar-refractivity contribution in [2.45, 2.75) is 39.4 Å². The molecule has 1 aromatic carbocycles. The Hall–Kier alpha value is -0.720. The number of rotatable bonds is 13. The summed E-state index contributed by atoms with van der Waals surface area (Å²) < 4.78 is 21.9. The smallest absolute Gasteiger partial charge is 0.180 e. The van der Waals surface area contributed by atoms with Crippen molar-refractivity contribution in [3.05, 3.63) is 22.2 Å². The van der Waals surface area contributed by atoms with Crippen LogP contribution in [0.5, 0.6) is 11.5 Å². The average Bonchev–Trinajstić information content (AvgIpc) is 2.52. The van der Waals surface area contributed by atoms with Crippen LogP contribution in [0.25, 0.3) is 0 Å². The van der Waals surface area contributed by atoms with E-state index in [0.29, 0.717) is 48.8 Å². The third-order valence-electron chi connectivity index (χ3n) is 3.12. The summed E-state index contributed by atoms with van der Waals surface area (Å²) in [5, 5.41) is 9.97. The molecule has 0 aromatic heterocycles. The predicted octanol–water partition coefficient (Wildman–Crippen LogP) is 4.66. The lowest BCUT2D eigenvalue weighted by Crippen LogP contribution is -2.23. The molecule has 1 aromatic rings. The quantitative estimate of drug-likeness (QED) is 0.398. The fourth-order valence-electron chi connectivity index (χ4n) is 2.04. The van der Waals surface area contributed by atoms with Crippen LogP contribution in [0.3, 0.4) is 0 Å². The Morgan fingerprint density at radius 3 is 2.12 bits per heavy atom. The van der Waals surface area contributed by atoms with Gasteiger partial charge in [-0.15, -0.1) is 0 Å². The predicted molar refractivity (Wildman–Crippen MR) is 95.3 cm³/mol. The number of phenolic OH excluding ortho intramolecular Hbond substituents is 1. The lowest BCUT2D eigenvalue weighted by Gasteiger charge is -2.16. The second-order valence-corrected chi connectivity index (χ2v) is 5.88. The highest BCUT2D eigenvalue weighted by atomic mass is 35.5. The molecule has 24 heavy (non-hydrogen) atoms. The number of phenols is 1. The van der Waals surface area contributed by atoms with Gasteiger partial charge in [0.2, 0.25) is 0 Å². The summed E-state index contributed by atoms with van der Waals surface area (Å²) in [5.41, 5.74) is 0. The highest BCUT2D eigenvalue weighted by molar-refractivity contribution is 6.37. The van der Waals surface area contributed by atoms with Gasteiger partial charge in [0.15, 0.2) is 12.0 Å². The van der Waals surface area contributed by atoms with Crippen molar-refractivity contribution in [1.82, 2.24) is 0 Å². The number of ether oxygens (including phenoxy) is 4. The molecule has 138 valence electrons. The van der Waals surface area contributed by atoms with Crippen LogP contribution in [0.1, 0.15) is 33.1 Å². The van der Waals surface area contributed by atoms with Gasteiger partial charge in [-0.1, -0.05) is 23.2 Å². The maximum Gasteiger partial charge on any atom is 0.180 e. The van der Waals surface area contributed by atoms with E-state index in [4.69, 9.17) is 42.1 Å². The van der Waals surface area contributed by atoms with Crippen molar-refractivity contribution in [3.63, 3.8) is 0 Å². The summed E-state index contributed by atoms with van der Waals surface area (Å²) in [6, 6.07) is 2.81. The van der Waals surface area contributed by atoms with Crippen molar-refractivity contribution in [2.24, 2.45) is 0 Å². The molecule has 0 fully saturated rings. The molecule has 0 spiro atoms. The van der Waals surface area contributed by atoms with E-state index in [1.807, 2.05) is 13.8 Å². The van der Waals surface area contributed by atoms with Crippen LogP contribution in [0.2, 0.25) is 10.0 Å². The second kappa shape index (κ2) is 12.6. The molecule has 0 heterocycles. The van der Waals surface area contributed by atoms with E-state index in [0.717, 1.165) is 19.3 Å². The first kappa shape index (κ1) is 21.3. The summed E-state index contributed by atoms with van der Waals surface area (Å²) in [6.45, 7) is 6.66. The Kier molecular flexibility index (Phi) is 11.2. The molecule has 5 nitrogen and oxygen atoms in total. The second-order valence-electron chi connectivity index (χ2n) is 5.06. The SMILES string of the molecule is CCOC(COCCCCCOc1c(Cl)cc(O)cc1Cl)OCC. The van der Waals surface area contributed by atoms with Crippen molar-refractivity contribution < 1.29 is 24.1 Å². The van der Waals surface area contributed by atoms with Crippen LogP contribution < -0.4 is 4.74 Å². The third-order valence-corrected chi connectivity index (χ3v) is 3.68. The van der Waals surface area contributed by atoms with Gasteiger partial charge in [0, 0.05) is 32.0 Å². The zero-order valence-corrected chi connectivity index (χ0v) is 15.7. The fourth-order valence-corrected chi connectivity index (χ4v) is 2.62. The molecule has 0 atom stereocenters. The van der Waals surface area contributed by atoms with E-state index in [-0.39, 0.29) is 12.0 Å². The minimum Gasteiger partial charge on any atom is -0.508 e. The largest absolute Gasteiger partial charge is 0.508 e. The molecule has 7 heteroatoms. The van der Waals surface area contributed by atoms with E-state index in [2.05, 4.69) is 0 Å². The van der Waals surface area contributed by atoms with Gasteiger partial charge < -0.3 is 24.1 Å². The van der Waals surface area contributed by atoms with Gasteiger partial charge in [0.1, 0.15) is 5.75 Å². The van der Waals surface area contributed by atoms with Gasteiger partial charge in [-0.2, -0.15) is 0 Å². The fraction of sp³-hybridized carbons (Fsp3) is 0.647. The van der Waals surface area contributed by atoms with Crippen LogP contribution in [-0.2, 0) is 14.2 Å². The van der Waals surface area contributed by atoms with Crippen molar-refractivity contribution in [1.29, 1.82) is 0 Å². The van der Waals surface area contributed by atoms with E-state index in [1.54, 1.807) is 0 Å². The molecule has 0 unspecified atom stereocenters. The molecule has 0 aliphatic heterocycles. The van der Waals surface area contributed by atoms with Crippen LogP contribution in [-0.4, -0.2) is 44.4 Å². The molecular formula is C17H26Cl2O5. The molecule has 0 amide bonds. The zero-order chi connectivity index (χ0) is 17.8. The Labute approximate surface area is 153 Å². The topological polar surface area (TPSA) is 57.2 Å². The molecule has 0 saturated carbocycles. The van der Waals surface area contributed by atoms with Crippen LogP contribution in [0, 0.1) is 0 Å². The number of halogens is 2. The Morgan fingerprint density at radius 2 is 1.54 bits per heavy atom. The first-order chi connectivity index (χ1) is 11.6. The average molecular weight is 381 g/mol. The van der Waals surface area contributed by atoms with Crippen molar-refractivity contribution in [3.8, 4) is 11.5 Å². The summed E-state index contributed by atoms with van der Waals surface area (Å²) in [5.74, 6) is 0.426. The summed E-state index contributed by atoms with van der Waals surface area (Å²) >= 11 is 12.0. The molecular weight excluding hydrogens is 355 g/mol. The van der Waals surface area contributed by atoms with Crippen molar-refractivity contribution in [2.75, 3.05) is 33.0 Å². The first-order valence-electron chi connectivity index (χ1n) is 8.20.